The van der Waals surface area contributed by atoms with Gasteiger partial charge in [-0.25, -0.2) is 0 Å². The summed E-state index contributed by atoms with van der Waals surface area (Å²) >= 11 is 0. The van der Waals surface area contributed by atoms with Gasteiger partial charge in [0.05, 0.1) is 6.61 Å². The van der Waals surface area contributed by atoms with Crippen LogP contribution in [0, 0.1) is 0 Å². The predicted molar refractivity (Wildman–Crippen MR) is 75.7 cm³/mol. The highest BCUT2D eigenvalue weighted by atomic mass is 16.7. The van der Waals surface area contributed by atoms with Crippen LogP contribution in [-0.2, 0) is 19.1 Å². The second-order valence-corrected chi connectivity index (χ2v) is 5.10. The van der Waals surface area contributed by atoms with E-state index in [2.05, 4.69) is 5.32 Å². The Hall–Kier alpha value is -1.80. The Morgan fingerprint density at radius 2 is 2.09 bits per heavy atom. The molecule has 22 heavy (non-hydrogen) atoms. The van der Waals surface area contributed by atoms with E-state index in [9.17, 15) is 19.8 Å². The van der Waals surface area contributed by atoms with E-state index >= 15 is 0 Å². The summed E-state index contributed by atoms with van der Waals surface area (Å²) in [6, 6.07) is 7.88. The third-order valence-corrected chi connectivity index (χ3v) is 3.37. The van der Waals surface area contributed by atoms with Gasteiger partial charge in [0.15, 0.2) is 6.29 Å². The van der Waals surface area contributed by atoms with E-state index in [4.69, 9.17) is 9.47 Å². The van der Waals surface area contributed by atoms with Gasteiger partial charge in [-0.2, -0.15) is 0 Å². The maximum Gasteiger partial charge on any atom is 0.217 e. The molecule has 7 heteroatoms. The van der Waals surface area contributed by atoms with Crippen molar-refractivity contribution in [1.29, 1.82) is 0 Å². The van der Waals surface area contributed by atoms with Crippen molar-refractivity contribution in [3.8, 4) is 0 Å². The van der Waals surface area contributed by atoms with Crippen LogP contribution >= 0.6 is 0 Å². The Bertz CT molecular complexity index is 508. The minimum absolute atomic E-state index is 0.0487. The third-order valence-electron chi connectivity index (χ3n) is 3.37. The molecule has 7 nitrogen and oxygen atoms in total. The number of rotatable bonds is 5. The van der Waals surface area contributed by atoms with Gasteiger partial charge in [0, 0.05) is 12.5 Å². The summed E-state index contributed by atoms with van der Waals surface area (Å²) in [4.78, 5) is 22.1. The van der Waals surface area contributed by atoms with Crippen LogP contribution in [0.4, 0.5) is 0 Å². The van der Waals surface area contributed by atoms with Crippen LogP contribution in [0.2, 0.25) is 0 Å². The van der Waals surface area contributed by atoms with Crippen LogP contribution in [0.5, 0.6) is 0 Å². The lowest BCUT2D eigenvalue weighted by molar-refractivity contribution is -0.276. The largest absolute Gasteiger partial charge is 0.388 e. The van der Waals surface area contributed by atoms with Gasteiger partial charge >= 0.3 is 0 Å². The first kappa shape index (κ1) is 16.6. The second kappa shape index (κ2) is 7.46. The Kier molecular flexibility index (Phi) is 5.62. The average molecular weight is 309 g/mol. The van der Waals surface area contributed by atoms with Gasteiger partial charge in [-0.15, -0.1) is 0 Å². The van der Waals surface area contributed by atoms with Crippen molar-refractivity contribution in [2.75, 3.05) is 6.61 Å². The SMILES string of the molecule is CC(=O)NC(C=O)C(O)C1OC(c2ccccc2)OCC1O. The fourth-order valence-electron chi connectivity index (χ4n) is 2.29. The van der Waals surface area contributed by atoms with Crippen LogP contribution in [0.25, 0.3) is 0 Å². The number of carbonyl (C=O) groups excluding carboxylic acids is 2. The van der Waals surface area contributed by atoms with E-state index in [1.165, 1.54) is 6.92 Å². The lowest BCUT2D eigenvalue weighted by Crippen LogP contribution is -2.56. The fraction of sp³-hybridized carbons (Fsp3) is 0.467. The molecule has 1 heterocycles. The molecule has 1 aliphatic heterocycles. The highest BCUT2D eigenvalue weighted by Crippen LogP contribution is 2.28. The van der Waals surface area contributed by atoms with Crippen LogP contribution in [0.3, 0.4) is 0 Å². The van der Waals surface area contributed by atoms with Gasteiger partial charge < -0.3 is 29.8 Å². The molecule has 0 aliphatic carbocycles. The van der Waals surface area contributed by atoms with Crippen molar-refractivity contribution in [1.82, 2.24) is 5.32 Å². The first-order valence-electron chi connectivity index (χ1n) is 6.93. The zero-order valence-electron chi connectivity index (χ0n) is 12.1. The van der Waals surface area contributed by atoms with Crippen molar-refractivity contribution >= 4 is 12.2 Å². The summed E-state index contributed by atoms with van der Waals surface area (Å²) < 4.78 is 11.0. The molecule has 5 atom stereocenters. The number of hydrogen-bond donors (Lipinski definition) is 3. The summed E-state index contributed by atoms with van der Waals surface area (Å²) in [5.41, 5.74) is 0.730. The number of amides is 1. The Labute approximate surface area is 127 Å². The minimum atomic E-state index is -1.38. The number of benzene rings is 1. The molecule has 0 aromatic heterocycles. The summed E-state index contributed by atoms with van der Waals surface area (Å²) in [5, 5.41) is 22.5. The lowest BCUT2D eigenvalue weighted by Gasteiger charge is -2.38. The summed E-state index contributed by atoms with van der Waals surface area (Å²) in [6.07, 6.45) is -3.89. The van der Waals surface area contributed by atoms with Gasteiger partial charge in [-0.3, -0.25) is 4.79 Å². The van der Waals surface area contributed by atoms with Crippen molar-refractivity contribution in [3.05, 3.63) is 35.9 Å². The van der Waals surface area contributed by atoms with Gasteiger partial charge in [-0.05, 0) is 0 Å². The predicted octanol–water partition coefficient (Wildman–Crippen LogP) is -0.474. The average Bonchev–Trinajstić information content (AvgIpc) is 2.53. The Morgan fingerprint density at radius 1 is 1.41 bits per heavy atom. The molecule has 1 aromatic carbocycles. The van der Waals surface area contributed by atoms with E-state index in [1.807, 2.05) is 18.2 Å². The van der Waals surface area contributed by atoms with Gasteiger partial charge in [0.2, 0.25) is 5.91 Å². The molecule has 2 rings (SSSR count). The highest BCUT2D eigenvalue weighted by molar-refractivity contribution is 5.77. The molecule has 1 saturated heterocycles. The summed E-state index contributed by atoms with van der Waals surface area (Å²) in [7, 11) is 0. The minimum Gasteiger partial charge on any atom is -0.388 e. The maximum absolute atomic E-state index is 11.1. The number of carbonyl (C=O) groups is 2. The van der Waals surface area contributed by atoms with Crippen molar-refractivity contribution in [2.45, 2.75) is 37.6 Å². The number of ether oxygens (including phenoxy) is 2. The van der Waals surface area contributed by atoms with E-state index in [0.29, 0.717) is 6.29 Å². The molecule has 1 amide bonds. The Balaban J connectivity index is 2.10. The lowest BCUT2D eigenvalue weighted by atomic mass is 10.0. The van der Waals surface area contributed by atoms with Crippen LogP contribution in [0.15, 0.2) is 30.3 Å². The zero-order chi connectivity index (χ0) is 16.1. The molecule has 1 aliphatic rings. The highest BCUT2D eigenvalue weighted by Gasteiger charge is 2.40. The second-order valence-electron chi connectivity index (χ2n) is 5.10. The van der Waals surface area contributed by atoms with Gasteiger partial charge in [0.1, 0.15) is 30.6 Å². The number of hydrogen-bond acceptors (Lipinski definition) is 6. The normalized spacial score (nSPS) is 27.7. The number of aldehydes is 1. The van der Waals surface area contributed by atoms with Gasteiger partial charge in [0.25, 0.3) is 0 Å². The van der Waals surface area contributed by atoms with E-state index in [1.54, 1.807) is 12.1 Å². The first-order chi connectivity index (χ1) is 10.5. The standard InChI is InChI=1S/C15H19NO6/c1-9(18)16-11(7-17)13(20)14-12(19)8-21-15(22-14)10-5-3-2-4-6-10/h2-7,11-15,19-20H,8H2,1H3,(H,16,18). The van der Waals surface area contributed by atoms with Crippen molar-refractivity contribution in [2.24, 2.45) is 0 Å². The maximum atomic E-state index is 11.1. The number of aliphatic hydroxyl groups is 2. The first-order valence-corrected chi connectivity index (χ1v) is 6.93. The molecule has 0 radical (unpaired) electrons. The van der Waals surface area contributed by atoms with E-state index in [-0.39, 0.29) is 6.61 Å². The molecule has 3 N–H and O–H groups in total. The van der Waals surface area contributed by atoms with Crippen LogP contribution in [-0.4, -0.2) is 53.4 Å². The Morgan fingerprint density at radius 3 is 2.68 bits per heavy atom. The molecule has 0 saturated carbocycles. The summed E-state index contributed by atoms with van der Waals surface area (Å²) in [5.74, 6) is -0.461. The summed E-state index contributed by atoms with van der Waals surface area (Å²) in [6.45, 7) is 1.18. The fourth-order valence-corrected chi connectivity index (χ4v) is 2.29. The smallest absolute Gasteiger partial charge is 0.217 e. The number of nitrogens with one attached hydrogen (secondary N) is 1. The third kappa shape index (κ3) is 3.89. The monoisotopic (exact) mass is 309 g/mol. The van der Waals surface area contributed by atoms with Crippen LogP contribution < -0.4 is 5.32 Å². The molecular weight excluding hydrogens is 290 g/mol. The molecule has 0 spiro atoms. The molecular formula is C15H19NO6. The molecule has 120 valence electrons. The quantitative estimate of drug-likeness (QED) is 0.635. The molecule has 0 bridgehead atoms. The zero-order valence-corrected chi connectivity index (χ0v) is 12.1. The molecule has 1 fully saturated rings. The number of aliphatic hydroxyl groups excluding tert-OH is 2. The van der Waals surface area contributed by atoms with Crippen molar-refractivity contribution < 1.29 is 29.3 Å². The molecule has 1 aromatic rings. The van der Waals surface area contributed by atoms with E-state index < -0.39 is 36.6 Å². The molecule has 5 unspecified atom stereocenters. The van der Waals surface area contributed by atoms with Crippen LogP contribution in [0.1, 0.15) is 18.8 Å². The van der Waals surface area contributed by atoms with Gasteiger partial charge in [-0.1, -0.05) is 30.3 Å². The van der Waals surface area contributed by atoms with E-state index in [0.717, 1.165) is 5.56 Å². The van der Waals surface area contributed by atoms with Crippen molar-refractivity contribution in [3.63, 3.8) is 0 Å². The topological polar surface area (TPSA) is 105 Å².